The molecule has 1 amide bonds. The van der Waals surface area contributed by atoms with Crippen molar-refractivity contribution in [2.24, 2.45) is 5.92 Å². The topological polar surface area (TPSA) is 92.8 Å². The first-order valence-electron chi connectivity index (χ1n) is 6.45. The number of hydrogen-bond acceptors (Lipinski definition) is 4. The van der Waals surface area contributed by atoms with Gasteiger partial charge in [0, 0.05) is 13.6 Å². The van der Waals surface area contributed by atoms with Gasteiger partial charge in [-0.1, -0.05) is 19.1 Å². The van der Waals surface area contributed by atoms with Crippen LogP contribution in [0, 0.1) is 5.92 Å². The van der Waals surface area contributed by atoms with Crippen LogP contribution in [0.25, 0.3) is 11.1 Å². The number of para-hydroxylation sites is 2. The molecular weight excluding hydrogens is 276 g/mol. The monoisotopic (exact) mass is 292 g/mol. The summed E-state index contributed by atoms with van der Waals surface area (Å²) in [6.45, 7) is 1.42. The zero-order valence-corrected chi connectivity index (χ0v) is 11.8. The normalized spacial score (nSPS) is 12.3. The quantitative estimate of drug-likeness (QED) is 0.878. The molecule has 0 saturated carbocycles. The van der Waals surface area contributed by atoms with Crippen LogP contribution in [0.1, 0.15) is 6.92 Å². The lowest BCUT2D eigenvalue weighted by atomic mass is 10.2. The molecule has 112 valence electrons. The summed E-state index contributed by atoms with van der Waals surface area (Å²) in [4.78, 5) is 35.9. The van der Waals surface area contributed by atoms with E-state index in [1.54, 1.807) is 24.3 Å². The molecule has 21 heavy (non-hydrogen) atoms. The fourth-order valence-electron chi connectivity index (χ4n) is 2.01. The Morgan fingerprint density at radius 1 is 1.38 bits per heavy atom. The molecule has 0 aliphatic rings. The molecule has 1 aromatic carbocycles. The van der Waals surface area contributed by atoms with Gasteiger partial charge in [0.2, 0.25) is 5.91 Å². The standard InChI is InChI=1S/C14H16N2O5/c1-9(13(18)19)7-15(2)12(17)8-16-10-5-3-4-6-11(10)21-14(16)20/h3-6,9H,7-8H2,1-2H3,(H,18,19). The number of amides is 1. The number of oxazole rings is 1. The van der Waals surface area contributed by atoms with Crippen LogP contribution in [0.15, 0.2) is 33.5 Å². The molecule has 0 bridgehead atoms. The second-order valence-electron chi connectivity index (χ2n) is 4.94. The highest BCUT2D eigenvalue weighted by Gasteiger charge is 2.19. The van der Waals surface area contributed by atoms with E-state index in [2.05, 4.69) is 0 Å². The van der Waals surface area contributed by atoms with Crippen LogP contribution in [0.2, 0.25) is 0 Å². The lowest BCUT2D eigenvalue weighted by Crippen LogP contribution is -2.37. The van der Waals surface area contributed by atoms with Crippen molar-refractivity contribution in [2.75, 3.05) is 13.6 Å². The number of nitrogens with zero attached hydrogens (tertiary/aromatic N) is 2. The van der Waals surface area contributed by atoms with Crippen molar-refractivity contribution >= 4 is 23.0 Å². The fraction of sp³-hybridized carbons (Fsp3) is 0.357. The molecule has 0 fully saturated rings. The predicted octanol–water partition coefficient (Wildman–Crippen LogP) is 0.774. The average Bonchev–Trinajstić information content (AvgIpc) is 2.75. The number of carboxylic acid groups (broad SMARTS) is 1. The third-order valence-corrected chi connectivity index (χ3v) is 3.26. The summed E-state index contributed by atoms with van der Waals surface area (Å²) in [7, 11) is 1.51. The van der Waals surface area contributed by atoms with Crippen LogP contribution in [0.3, 0.4) is 0 Å². The van der Waals surface area contributed by atoms with Gasteiger partial charge in [0.05, 0.1) is 11.4 Å². The van der Waals surface area contributed by atoms with Crippen molar-refractivity contribution in [3.8, 4) is 0 Å². The number of likely N-dealkylation sites (N-methyl/N-ethyl adjacent to an activating group) is 1. The Hall–Kier alpha value is -2.57. The van der Waals surface area contributed by atoms with Gasteiger partial charge < -0.3 is 14.4 Å². The Morgan fingerprint density at radius 2 is 2.05 bits per heavy atom. The minimum atomic E-state index is -0.972. The van der Waals surface area contributed by atoms with Crippen molar-refractivity contribution in [3.63, 3.8) is 0 Å². The van der Waals surface area contributed by atoms with Crippen LogP contribution in [-0.2, 0) is 16.1 Å². The first kappa shape index (κ1) is 14.8. The van der Waals surface area contributed by atoms with E-state index in [4.69, 9.17) is 9.52 Å². The number of benzene rings is 1. The summed E-state index contributed by atoms with van der Waals surface area (Å²) in [5.74, 6) is -2.60. The average molecular weight is 292 g/mol. The minimum absolute atomic E-state index is 0.0820. The summed E-state index contributed by atoms with van der Waals surface area (Å²) in [5, 5.41) is 8.85. The molecule has 1 unspecified atom stereocenters. The zero-order valence-electron chi connectivity index (χ0n) is 11.8. The molecule has 1 N–H and O–H groups in total. The Kier molecular flexibility index (Phi) is 4.11. The number of fused-ring (bicyclic) bond motifs is 1. The molecular formula is C14H16N2O5. The fourth-order valence-corrected chi connectivity index (χ4v) is 2.01. The SMILES string of the molecule is CC(CN(C)C(=O)Cn1c(=O)oc2ccccc21)C(=O)O. The first-order chi connectivity index (χ1) is 9.90. The van der Waals surface area contributed by atoms with Gasteiger partial charge in [-0.15, -0.1) is 0 Å². The summed E-state index contributed by atoms with van der Waals surface area (Å²) in [5.41, 5.74) is 0.951. The van der Waals surface area contributed by atoms with Crippen LogP contribution < -0.4 is 5.76 Å². The second kappa shape index (κ2) is 5.82. The zero-order chi connectivity index (χ0) is 15.6. The largest absolute Gasteiger partial charge is 0.481 e. The van der Waals surface area contributed by atoms with E-state index in [-0.39, 0.29) is 19.0 Å². The van der Waals surface area contributed by atoms with Crippen molar-refractivity contribution in [2.45, 2.75) is 13.5 Å². The van der Waals surface area contributed by atoms with E-state index in [9.17, 15) is 14.4 Å². The minimum Gasteiger partial charge on any atom is -0.481 e. The van der Waals surface area contributed by atoms with E-state index >= 15 is 0 Å². The van der Waals surface area contributed by atoms with Gasteiger partial charge in [0.25, 0.3) is 0 Å². The number of carbonyl (C=O) groups is 2. The molecule has 0 radical (unpaired) electrons. The summed E-state index contributed by atoms with van der Waals surface area (Å²) in [6, 6.07) is 6.81. The van der Waals surface area contributed by atoms with Crippen molar-refractivity contribution in [3.05, 3.63) is 34.8 Å². The Balaban J connectivity index is 2.16. The van der Waals surface area contributed by atoms with Crippen molar-refractivity contribution in [1.29, 1.82) is 0 Å². The Labute approximate surface area is 120 Å². The summed E-state index contributed by atoms with van der Waals surface area (Å²) in [6.07, 6.45) is 0. The molecule has 2 aromatic rings. The number of carbonyl (C=O) groups excluding carboxylic acids is 1. The molecule has 0 spiro atoms. The highest BCUT2D eigenvalue weighted by atomic mass is 16.4. The van der Waals surface area contributed by atoms with Gasteiger partial charge in [-0.05, 0) is 12.1 Å². The second-order valence-corrected chi connectivity index (χ2v) is 4.94. The number of hydrogen-bond donors (Lipinski definition) is 1. The maximum Gasteiger partial charge on any atom is 0.420 e. The lowest BCUT2D eigenvalue weighted by molar-refractivity contribution is -0.142. The molecule has 0 aliphatic carbocycles. The maximum atomic E-state index is 12.1. The highest BCUT2D eigenvalue weighted by Crippen LogP contribution is 2.12. The molecule has 0 aliphatic heterocycles. The van der Waals surface area contributed by atoms with Gasteiger partial charge >= 0.3 is 11.7 Å². The summed E-state index contributed by atoms with van der Waals surface area (Å²) >= 11 is 0. The molecule has 0 saturated heterocycles. The molecule has 7 heteroatoms. The van der Waals surface area contributed by atoms with Crippen molar-refractivity contribution < 1.29 is 19.1 Å². The lowest BCUT2D eigenvalue weighted by Gasteiger charge is -2.19. The van der Waals surface area contributed by atoms with E-state index in [1.165, 1.54) is 23.4 Å². The van der Waals surface area contributed by atoms with Crippen LogP contribution in [0.4, 0.5) is 0 Å². The van der Waals surface area contributed by atoms with E-state index in [1.807, 2.05) is 0 Å². The first-order valence-corrected chi connectivity index (χ1v) is 6.45. The van der Waals surface area contributed by atoms with Gasteiger partial charge in [-0.2, -0.15) is 0 Å². The number of carboxylic acids is 1. The van der Waals surface area contributed by atoms with Crippen molar-refractivity contribution in [1.82, 2.24) is 9.47 Å². The molecule has 7 nitrogen and oxygen atoms in total. The number of aliphatic carboxylic acids is 1. The molecule has 1 heterocycles. The van der Waals surface area contributed by atoms with Gasteiger partial charge in [0.15, 0.2) is 5.58 Å². The smallest absolute Gasteiger partial charge is 0.420 e. The summed E-state index contributed by atoms with van der Waals surface area (Å²) < 4.78 is 6.28. The number of aromatic nitrogens is 1. The van der Waals surface area contributed by atoms with Gasteiger partial charge in [-0.3, -0.25) is 14.2 Å². The van der Waals surface area contributed by atoms with E-state index < -0.39 is 17.6 Å². The highest BCUT2D eigenvalue weighted by molar-refractivity contribution is 5.80. The van der Waals surface area contributed by atoms with Crippen LogP contribution >= 0.6 is 0 Å². The maximum absolute atomic E-state index is 12.1. The molecule has 1 aromatic heterocycles. The third-order valence-electron chi connectivity index (χ3n) is 3.26. The molecule has 2 rings (SSSR count). The van der Waals surface area contributed by atoms with Crippen LogP contribution in [0.5, 0.6) is 0 Å². The van der Waals surface area contributed by atoms with Gasteiger partial charge in [-0.25, -0.2) is 4.79 Å². The Morgan fingerprint density at radius 3 is 2.71 bits per heavy atom. The van der Waals surface area contributed by atoms with Crippen LogP contribution in [-0.4, -0.2) is 40.0 Å². The predicted molar refractivity (Wildman–Crippen MR) is 74.9 cm³/mol. The van der Waals surface area contributed by atoms with Gasteiger partial charge in [0.1, 0.15) is 6.54 Å². The number of rotatable bonds is 5. The van der Waals surface area contributed by atoms with E-state index in [0.717, 1.165) is 0 Å². The van der Waals surface area contributed by atoms with E-state index in [0.29, 0.717) is 11.1 Å². The third kappa shape index (κ3) is 3.13. The molecule has 1 atom stereocenters. The Bertz CT molecular complexity index is 730.